The average Bonchev–Trinajstić information content (AvgIpc) is 3.13. The number of amides is 1. The SMILES string of the molecule is COCCN(Cc1nccn1Cc1ccccc1C)C(=O)c1ccc(C)cc1. The predicted molar refractivity (Wildman–Crippen MR) is 110 cm³/mol. The van der Waals surface area contributed by atoms with E-state index >= 15 is 0 Å². The second kappa shape index (κ2) is 9.33. The van der Waals surface area contributed by atoms with Gasteiger partial charge in [-0.3, -0.25) is 4.79 Å². The lowest BCUT2D eigenvalue weighted by Crippen LogP contribution is -2.34. The number of aryl methyl sites for hydroxylation is 2. The van der Waals surface area contributed by atoms with Crippen molar-refractivity contribution in [2.75, 3.05) is 20.3 Å². The van der Waals surface area contributed by atoms with E-state index in [-0.39, 0.29) is 5.91 Å². The highest BCUT2D eigenvalue weighted by Crippen LogP contribution is 2.14. The van der Waals surface area contributed by atoms with E-state index in [1.807, 2.05) is 49.5 Å². The van der Waals surface area contributed by atoms with Gasteiger partial charge in [0.2, 0.25) is 0 Å². The number of rotatable bonds is 8. The number of carbonyl (C=O) groups is 1. The normalized spacial score (nSPS) is 10.8. The predicted octanol–water partition coefficient (Wildman–Crippen LogP) is 3.84. The number of ether oxygens (including phenoxy) is 1. The van der Waals surface area contributed by atoms with Crippen LogP contribution in [0.5, 0.6) is 0 Å². The number of methoxy groups -OCH3 is 1. The topological polar surface area (TPSA) is 47.4 Å². The lowest BCUT2D eigenvalue weighted by Gasteiger charge is -2.23. The minimum absolute atomic E-state index is 0.0116. The highest BCUT2D eigenvalue weighted by molar-refractivity contribution is 5.94. The van der Waals surface area contributed by atoms with Crippen LogP contribution in [0.25, 0.3) is 0 Å². The third-order valence-corrected chi connectivity index (χ3v) is 4.89. The molecule has 0 fully saturated rings. The van der Waals surface area contributed by atoms with Gasteiger partial charge in [-0.2, -0.15) is 0 Å². The summed E-state index contributed by atoms with van der Waals surface area (Å²) in [5.41, 5.74) is 4.30. The van der Waals surface area contributed by atoms with Gasteiger partial charge in [0.25, 0.3) is 5.91 Å². The van der Waals surface area contributed by atoms with Crippen molar-refractivity contribution in [3.63, 3.8) is 0 Å². The van der Waals surface area contributed by atoms with Crippen molar-refractivity contribution >= 4 is 5.91 Å². The van der Waals surface area contributed by atoms with Crippen molar-refractivity contribution in [2.24, 2.45) is 0 Å². The molecular weight excluding hydrogens is 350 g/mol. The molecule has 28 heavy (non-hydrogen) atoms. The van der Waals surface area contributed by atoms with Crippen LogP contribution in [0.15, 0.2) is 60.9 Å². The number of benzene rings is 2. The van der Waals surface area contributed by atoms with Gasteiger partial charge in [0.05, 0.1) is 13.2 Å². The Morgan fingerprint density at radius 3 is 2.57 bits per heavy atom. The maximum absolute atomic E-state index is 13.0. The second-order valence-corrected chi connectivity index (χ2v) is 6.98. The number of carbonyl (C=O) groups excluding carboxylic acids is 1. The number of nitrogens with zero attached hydrogens (tertiary/aromatic N) is 3. The average molecular weight is 377 g/mol. The maximum atomic E-state index is 13.0. The lowest BCUT2D eigenvalue weighted by molar-refractivity contribution is 0.0673. The fourth-order valence-corrected chi connectivity index (χ4v) is 3.11. The van der Waals surface area contributed by atoms with Gasteiger partial charge in [0, 0.05) is 38.2 Å². The molecule has 2 aromatic carbocycles. The molecule has 0 atom stereocenters. The molecule has 0 unspecified atom stereocenters. The Kier molecular flexibility index (Phi) is 6.61. The van der Waals surface area contributed by atoms with E-state index < -0.39 is 0 Å². The molecular formula is C23H27N3O2. The summed E-state index contributed by atoms with van der Waals surface area (Å²) >= 11 is 0. The molecule has 146 valence electrons. The molecule has 0 saturated heterocycles. The summed E-state index contributed by atoms with van der Waals surface area (Å²) in [6.07, 6.45) is 3.76. The molecule has 1 amide bonds. The summed E-state index contributed by atoms with van der Waals surface area (Å²) in [4.78, 5) is 19.4. The van der Waals surface area contributed by atoms with E-state index in [2.05, 4.69) is 28.6 Å². The molecule has 1 aromatic heterocycles. The summed E-state index contributed by atoms with van der Waals surface area (Å²) in [6, 6.07) is 16.0. The van der Waals surface area contributed by atoms with Crippen LogP contribution in [0.3, 0.4) is 0 Å². The standard InChI is InChI=1S/C23H27N3O2/c1-18-8-10-20(11-9-18)23(27)26(14-15-28-3)17-22-24-12-13-25(22)16-21-7-5-4-6-19(21)2/h4-13H,14-17H2,1-3H3. The molecule has 5 nitrogen and oxygen atoms in total. The van der Waals surface area contributed by atoms with E-state index in [1.54, 1.807) is 18.2 Å². The Hall–Kier alpha value is -2.92. The van der Waals surface area contributed by atoms with E-state index in [1.165, 1.54) is 11.1 Å². The highest BCUT2D eigenvalue weighted by Gasteiger charge is 2.18. The van der Waals surface area contributed by atoms with Crippen LogP contribution in [0, 0.1) is 13.8 Å². The molecule has 1 heterocycles. The Labute approximate surface area is 166 Å². The summed E-state index contributed by atoms with van der Waals surface area (Å²) in [6.45, 7) is 6.29. The third-order valence-electron chi connectivity index (χ3n) is 4.89. The van der Waals surface area contributed by atoms with E-state index in [0.717, 1.165) is 17.9 Å². The summed E-state index contributed by atoms with van der Waals surface area (Å²) < 4.78 is 7.32. The van der Waals surface area contributed by atoms with Crippen molar-refractivity contribution in [3.05, 3.63) is 89.0 Å². The maximum Gasteiger partial charge on any atom is 0.254 e. The quantitative estimate of drug-likeness (QED) is 0.599. The first kappa shape index (κ1) is 19.8. The molecule has 3 rings (SSSR count). The smallest absolute Gasteiger partial charge is 0.254 e. The van der Waals surface area contributed by atoms with Crippen LogP contribution in [0.2, 0.25) is 0 Å². The first-order valence-corrected chi connectivity index (χ1v) is 9.48. The van der Waals surface area contributed by atoms with Crippen molar-refractivity contribution in [1.82, 2.24) is 14.5 Å². The number of imidazole rings is 1. The van der Waals surface area contributed by atoms with Crippen molar-refractivity contribution in [3.8, 4) is 0 Å². The largest absolute Gasteiger partial charge is 0.383 e. The Morgan fingerprint density at radius 2 is 1.86 bits per heavy atom. The first-order chi connectivity index (χ1) is 13.6. The Bertz CT molecular complexity index is 916. The van der Waals surface area contributed by atoms with Gasteiger partial charge in [-0.05, 0) is 37.1 Å². The van der Waals surface area contributed by atoms with E-state index in [9.17, 15) is 4.79 Å². The molecule has 3 aromatic rings. The number of hydrogen-bond donors (Lipinski definition) is 0. The fourth-order valence-electron chi connectivity index (χ4n) is 3.11. The van der Waals surface area contributed by atoms with E-state index in [4.69, 9.17) is 4.74 Å². The van der Waals surface area contributed by atoms with Gasteiger partial charge in [0.1, 0.15) is 5.82 Å². The number of aromatic nitrogens is 2. The van der Waals surface area contributed by atoms with Crippen molar-refractivity contribution < 1.29 is 9.53 Å². The minimum Gasteiger partial charge on any atom is -0.383 e. The fraction of sp³-hybridized carbons (Fsp3) is 0.304. The van der Waals surface area contributed by atoms with Crippen molar-refractivity contribution in [2.45, 2.75) is 26.9 Å². The molecule has 0 spiro atoms. The molecule has 0 N–H and O–H groups in total. The zero-order chi connectivity index (χ0) is 19.9. The van der Waals surface area contributed by atoms with Crippen LogP contribution in [0.4, 0.5) is 0 Å². The second-order valence-electron chi connectivity index (χ2n) is 6.98. The van der Waals surface area contributed by atoms with Crippen LogP contribution in [-0.2, 0) is 17.8 Å². The van der Waals surface area contributed by atoms with Crippen molar-refractivity contribution in [1.29, 1.82) is 0 Å². The molecule has 0 aliphatic rings. The van der Waals surface area contributed by atoms with Gasteiger partial charge in [-0.1, -0.05) is 42.0 Å². The van der Waals surface area contributed by atoms with Gasteiger partial charge < -0.3 is 14.2 Å². The van der Waals surface area contributed by atoms with Crippen LogP contribution in [-0.4, -0.2) is 40.6 Å². The Balaban J connectivity index is 1.80. The molecule has 0 aliphatic carbocycles. The molecule has 5 heteroatoms. The molecule has 0 radical (unpaired) electrons. The zero-order valence-corrected chi connectivity index (χ0v) is 16.8. The zero-order valence-electron chi connectivity index (χ0n) is 16.8. The van der Waals surface area contributed by atoms with Gasteiger partial charge in [-0.15, -0.1) is 0 Å². The molecule has 0 aliphatic heterocycles. The summed E-state index contributed by atoms with van der Waals surface area (Å²) in [7, 11) is 1.65. The monoisotopic (exact) mass is 377 g/mol. The van der Waals surface area contributed by atoms with Crippen LogP contribution < -0.4 is 0 Å². The summed E-state index contributed by atoms with van der Waals surface area (Å²) in [5, 5.41) is 0. The van der Waals surface area contributed by atoms with Crippen LogP contribution >= 0.6 is 0 Å². The highest BCUT2D eigenvalue weighted by atomic mass is 16.5. The lowest BCUT2D eigenvalue weighted by atomic mass is 10.1. The molecule has 0 saturated carbocycles. The van der Waals surface area contributed by atoms with Crippen LogP contribution in [0.1, 0.15) is 32.9 Å². The minimum atomic E-state index is -0.0116. The van der Waals surface area contributed by atoms with Gasteiger partial charge in [-0.25, -0.2) is 4.98 Å². The Morgan fingerprint density at radius 1 is 1.11 bits per heavy atom. The van der Waals surface area contributed by atoms with E-state index in [0.29, 0.717) is 25.3 Å². The third kappa shape index (κ3) is 4.87. The van der Waals surface area contributed by atoms with Gasteiger partial charge in [0.15, 0.2) is 0 Å². The molecule has 0 bridgehead atoms. The summed E-state index contributed by atoms with van der Waals surface area (Å²) in [5.74, 6) is 0.849. The first-order valence-electron chi connectivity index (χ1n) is 9.48. The number of hydrogen-bond acceptors (Lipinski definition) is 3. The van der Waals surface area contributed by atoms with Gasteiger partial charge >= 0.3 is 0 Å².